The first-order chi connectivity index (χ1) is 8.77. The van der Waals surface area contributed by atoms with Crippen LogP contribution >= 0.6 is 15.9 Å². The zero-order chi connectivity index (χ0) is 14.6. The predicted molar refractivity (Wildman–Crippen MR) is 76.9 cm³/mol. The van der Waals surface area contributed by atoms with Crippen molar-refractivity contribution in [2.24, 2.45) is 5.73 Å². The Morgan fingerprint density at radius 2 is 2.21 bits per heavy atom. The number of carbonyl (C=O) groups excluding carboxylic acids is 1. The van der Waals surface area contributed by atoms with Gasteiger partial charge in [0.25, 0.3) is 5.69 Å². The van der Waals surface area contributed by atoms with Crippen LogP contribution in [0.1, 0.15) is 26.7 Å². The molecule has 19 heavy (non-hydrogen) atoms. The van der Waals surface area contributed by atoms with Crippen LogP contribution < -0.4 is 11.1 Å². The van der Waals surface area contributed by atoms with Gasteiger partial charge in [0, 0.05) is 10.5 Å². The number of rotatable bonds is 5. The van der Waals surface area contributed by atoms with Gasteiger partial charge in [-0.15, -0.1) is 0 Å². The molecule has 0 radical (unpaired) electrons. The van der Waals surface area contributed by atoms with Gasteiger partial charge in [0.15, 0.2) is 0 Å². The molecular formula is C12H16BrN3O3. The van der Waals surface area contributed by atoms with Crippen LogP contribution in [-0.4, -0.2) is 16.4 Å². The average Bonchev–Trinajstić information content (AvgIpc) is 2.30. The molecule has 0 aliphatic carbocycles. The Bertz CT molecular complexity index is 503. The van der Waals surface area contributed by atoms with Gasteiger partial charge >= 0.3 is 0 Å². The second-order valence-electron chi connectivity index (χ2n) is 4.54. The SMILES string of the molecule is CCCC(C)(N)C(=O)Nc1ccc(Br)cc1[N+](=O)[O-]. The van der Waals surface area contributed by atoms with E-state index in [0.717, 1.165) is 6.42 Å². The molecule has 0 bridgehead atoms. The highest BCUT2D eigenvalue weighted by Gasteiger charge is 2.29. The molecule has 0 spiro atoms. The number of nitrogens with one attached hydrogen (secondary N) is 1. The fourth-order valence-electron chi connectivity index (χ4n) is 1.66. The molecule has 1 aromatic rings. The summed E-state index contributed by atoms with van der Waals surface area (Å²) in [6, 6.07) is 4.43. The lowest BCUT2D eigenvalue weighted by molar-refractivity contribution is -0.384. The Balaban J connectivity index is 3.00. The summed E-state index contributed by atoms with van der Waals surface area (Å²) in [7, 11) is 0. The van der Waals surface area contributed by atoms with Gasteiger partial charge < -0.3 is 11.1 Å². The van der Waals surface area contributed by atoms with Crippen molar-refractivity contribution in [2.45, 2.75) is 32.2 Å². The van der Waals surface area contributed by atoms with Crippen LogP contribution in [0.2, 0.25) is 0 Å². The summed E-state index contributed by atoms with van der Waals surface area (Å²) in [5.41, 5.74) is 4.81. The lowest BCUT2D eigenvalue weighted by Gasteiger charge is -2.22. The number of amides is 1. The van der Waals surface area contributed by atoms with E-state index in [-0.39, 0.29) is 11.4 Å². The Labute approximate surface area is 119 Å². The number of nitrogens with zero attached hydrogens (tertiary/aromatic N) is 1. The van der Waals surface area contributed by atoms with Crippen LogP contribution in [0.3, 0.4) is 0 Å². The van der Waals surface area contributed by atoms with Crippen molar-refractivity contribution in [3.8, 4) is 0 Å². The topological polar surface area (TPSA) is 98.3 Å². The Morgan fingerprint density at radius 3 is 2.74 bits per heavy atom. The summed E-state index contributed by atoms with van der Waals surface area (Å²) in [6.07, 6.45) is 1.26. The molecule has 0 saturated carbocycles. The van der Waals surface area contributed by atoms with Gasteiger partial charge in [0.2, 0.25) is 5.91 Å². The molecule has 104 valence electrons. The standard InChI is InChI=1S/C12H16BrN3O3/c1-3-6-12(2,14)11(17)15-9-5-4-8(13)7-10(9)16(18)19/h4-5,7H,3,6,14H2,1-2H3,(H,15,17). The number of halogens is 1. The molecule has 0 saturated heterocycles. The largest absolute Gasteiger partial charge is 0.319 e. The van der Waals surface area contributed by atoms with E-state index in [1.165, 1.54) is 12.1 Å². The van der Waals surface area contributed by atoms with Crippen LogP contribution in [0.25, 0.3) is 0 Å². The molecule has 1 unspecified atom stereocenters. The first-order valence-corrected chi connectivity index (χ1v) is 6.61. The van der Waals surface area contributed by atoms with Gasteiger partial charge in [-0.05, 0) is 25.5 Å². The molecule has 3 N–H and O–H groups in total. The van der Waals surface area contributed by atoms with Crippen molar-refractivity contribution in [1.82, 2.24) is 0 Å². The lowest BCUT2D eigenvalue weighted by atomic mass is 9.96. The van der Waals surface area contributed by atoms with E-state index >= 15 is 0 Å². The number of carbonyl (C=O) groups is 1. The minimum absolute atomic E-state index is 0.144. The summed E-state index contributed by atoms with van der Waals surface area (Å²) in [5, 5.41) is 13.5. The highest BCUT2D eigenvalue weighted by atomic mass is 79.9. The lowest BCUT2D eigenvalue weighted by Crippen LogP contribution is -2.48. The van der Waals surface area contributed by atoms with Crippen molar-refractivity contribution >= 4 is 33.2 Å². The van der Waals surface area contributed by atoms with Crippen LogP contribution in [-0.2, 0) is 4.79 Å². The van der Waals surface area contributed by atoms with Crippen molar-refractivity contribution in [3.63, 3.8) is 0 Å². The highest BCUT2D eigenvalue weighted by Crippen LogP contribution is 2.28. The molecule has 6 nitrogen and oxygen atoms in total. The van der Waals surface area contributed by atoms with Crippen molar-refractivity contribution < 1.29 is 9.72 Å². The molecule has 0 aliphatic heterocycles. The number of hydrogen-bond donors (Lipinski definition) is 2. The van der Waals surface area contributed by atoms with Crippen LogP contribution in [0.5, 0.6) is 0 Å². The second-order valence-corrected chi connectivity index (χ2v) is 5.46. The summed E-state index contributed by atoms with van der Waals surface area (Å²) >= 11 is 3.15. The second kappa shape index (κ2) is 6.12. The number of nitro groups is 1. The van der Waals surface area contributed by atoms with Gasteiger partial charge in [-0.2, -0.15) is 0 Å². The first-order valence-electron chi connectivity index (χ1n) is 5.82. The van der Waals surface area contributed by atoms with E-state index in [1.807, 2.05) is 6.92 Å². The third-order valence-electron chi connectivity index (χ3n) is 2.69. The summed E-state index contributed by atoms with van der Waals surface area (Å²) < 4.78 is 0.571. The Kier molecular flexibility index (Phi) is 5.02. The molecule has 0 fully saturated rings. The van der Waals surface area contributed by atoms with E-state index in [1.54, 1.807) is 13.0 Å². The average molecular weight is 330 g/mol. The normalized spacial score (nSPS) is 13.7. The maximum absolute atomic E-state index is 12.0. The van der Waals surface area contributed by atoms with Crippen LogP contribution in [0.4, 0.5) is 11.4 Å². The zero-order valence-corrected chi connectivity index (χ0v) is 12.4. The Morgan fingerprint density at radius 1 is 1.58 bits per heavy atom. The first kappa shape index (κ1) is 15.6. The van der Waals surface area contributed by atoms with E-state index in [4.69, 9.17) is 5.73 Å². The number of hydrogen-bond acceptors (Lipinski definition) is 4. The minimum Gasteiger partial charge on any atom is -0.319 e. The fourth-order valence-corrected chi connectivity index (χ4v) is 2.01. The van der Waals surface area contributed by atoms with Gasteiger partial charge in [-0.25, -0.2) is 0 Å². The molecule has 0 heterocycles. The quantitative estimate of drug-likeness (QED) is 0.640. The third kappa shape index (κ3) is 4.00. The van der Waals surface area contributed by atoms with E-state index in [2.05, 4.69) is 21.2 Å². The van der Waals surface area contributed by atoms with E-state index in [9.17, 15) is 14.9 Å². The smallest absolute Gasteiger partial charge is 0.293 e. The highest BCUT2D eigenvalue weighted by molar-refractivity contribution is 9.10. The molecule has 0 aromatic heterocycles. The number of benzene rings is 1. The van der Waals surface area contributed by atoms with Crippen LogP contribution in [0, 0.1) is 10.1 Å². The van der Waals surface area contributed by atoms with Gasteiger partial charge in [-0.1, -0.05) is 29.3 Å². The van der Waals surface area contributed by atoms with Gasteiger partial charge in [-0.3, -0.25) is 14.9 Å². The minimum atomic E-state index is -1.05. The zero-order valence-electron chi connectivity index (χ0n) is 10.8. The van der Waals surface area contributed by atoms with Crippen molar-refractivity contribution in [2.75, 3.05) is 5.32 Å². The number of anilines is 1. The molecule has 7 heteroatoms. The fraction of sp³-hybridized carbons (Fsp3) is 0.417. The van der Waals surface area contributed by atoms with Crippen molar-refractivity contribution in [1.29, 1.82) is 0 Å². The van der Waals surface area contributed by atoms with E-state index in [0.29, 0.717) is 10.9 Å². The summed E-state index contributed by atoms with van der Waals surface area (Å²) in [4.78, 5) is 22.4. The monoisotopic (exact) mass is 329 g/mol. The molecule has 0 aliphatic rings. The van der Waals surface area contributed by atoms with Crippen molar-refractivity contribution in [3.05, 3.63) is 32.8 Å². The molecular weight excluding hydrogens is 314 g/mol. The van der Waals surface area contributed by atoms with Crippen LogP contribution in [0.15, 0.2) is 22.7 Å². The van der Waals surface area contributed by atoms with E-state index < -0.39 is 16.4 Å². The Hall–Kier alpha value is -1.47. The maximum Gasteiger partial charge on any atom is 0.293 e. The number of nitro benzene ring substituents is 1. The summed E-state index contributed by atoms with van der Waals surface area (Å²) in [6.45, 7) is 3.52. The third-order valence-corrected chi connectivity index (χ3v) is 3.19. The molecule has 1 atom stereocenters. The molecule has 1 rings (SSSR count). The maximum atomic E-state index is 12.0. The predicted octanol–water partition coefficient (Wildman–Crippen LogP) is 2.81. The van der Waals surface area contributed by atoms with Gasteiger partial charge in [0.1, 0.15) is 5.69 Å². The molecule has 1 amide bonds. The molecule has 1 aromatic carbocycles. The summed E-state index contributed by atoms with van der Waals surface area (Å²) in [5.74, 6) is -0.431. The number of nitrogens with two attached hydrogens (primary N) is 1. The van der Waals surface area contributed by atoms with Gasteiger partial charge in [0.05, 0.1) is 10.5 Å².